The van der Waals surface area contributed by atoms with Crippen LogP contribution in [0, 0.1) is 0 Å². The third-order valence-electron chi connectivity index (χ3n) is 2.29. The summed E-state index contributed by atoms with van der Waals surface area (Å²) in [6.07, 6.45) is 1.90. The largest absolute Gasteiger partial charge is 0.493 e. The van der Waals surface area contributed by atoms with Gasteiger partial charge in [-0.1, -0.05) is 19.1 Å². The molecule has 0 spiro atoms. The fourth-order valence-corrected chi connectivity index (χ4v) is 1.27. The van der Waals surface area contributed by atoms with Gasteiger partial charge in [0.15, 0.2) is 11.5 Å². The van der Waals surface area contributed by atoms with Crippen LogP contribution in [0.3, 0.4) is 0 Å². The summed E-state index contributed by atoms with van der Waals surface area (Å²) in [5, 5.41) is 0. The van der Waals surface area contributed by atoms with Crippen molar-refractivity contribution in [3.05, 3.63) is 36.4 Å². The molecule has 0 aliphatic rings. The molecule has 0 aliphatic heterocycles. The van der Waals surface area contributed by atoms with Crippen LogP contribution in [0.1, 0.15) is 18.4 Å². The van der Waals surface area contributed by atoms with Crippen molar-refractivity contribution < 1.29 is 9.47 Å². The molecule has 0 fully saturated rings. The molecule has 0 amide bonds. The maximum atomic E-state index is 5.21. The van der Waals surface area contributed by atoms with E-state index in [1.807, 2.05) is 24.3 Å². The molecule has 0 heterocycles. The lowest BCUT2D eigenvalue weighted by molar-refractivity contribution is 0.354. The van der Waals surface area contributed by atoms with E-state index in [1.165, 1.54) is 5.56 Å². The Kier molecular flexibility index (Phi) is 3.57. The minimum atomic E-state index is 0.329. The average Bonchev–Trinajstić information content (AvgIpc) is 2.26. The fourth-order valence-electron chi connectivity index (χ4n) is 1.27. The van der Waals surface area contributed by atoms with Crippen LogP contribution in [0.5, 0.6) is 11.5 Å². The summed E-state index contributed by atoms with van der Waals surface area (Å²) >= 11 is 0. The van der Waals surface area contributed by atoms with Crippen molar-refractivity contribution in [3.63, 3.8) is 0 Å². The Morgan fingerprint density at radius 1 is 1.21 bits per heavy atom. The number of rotatable bonds is 4. The van der Waals surface area contributed by atoms with E-state index < -0.39 is 0 Å². The molecule has 1 aromatic carbocycles. The second-order valence-electron chi connectivity index (χ2n) is 3.14. The van der Waals surface area contributed by atoms with Crippen LogP contribution < -0.4 is 9.47 Å². The smallest absolute Gasteiger partial charge is 0.161 e. The number of ether oxygens (including phenoxy) is 2. The fraction of sp³-hybridized carbons (Fsp3) is 0.333. The molecule has 1 unspecified atom stereocenters. The number of benzene rings is 1. The Bertz CT molecular complexity index is 318. The molecule has 0 aliphatic carbocycles. The Balaban J connectivity index is 3.06. The zero-order valence-corrected chi connectivity index (χ0v) is 8.91. The first kappa shape index (κ1) is 10.6. The Labute approximate surface area is 85.2 Å². The van der Waals surface area contributed by atoms with Gasteiger partial charge in [0.05, 0.1) is 14.2 Å². The third-order valence-corrected chi connectivity index (χ3v) is 2.29. The molecule has 1 aromatic rings. The van der Waals surface area contributed by atoms with Crippen LogP contribution in [0.25, 0.3) is 0 Å². The predicted molar refractivity (Wildman–Crippen MR) is 58.2 cm³/mol. The molecule has 0 bridgehead atoms. The van der Waals surface area contributed by atoms with Crippen LogP contribution >= 0.6 is 0 Å². The van der Waals surface area contributed by atoms with Gasteiger partial charge in [-0.05, 0) is 23.6 Å². The predicted octanol–water partition coefficient (Wildman–Crippen LogP) is 2.99. The first-order valence-corrected chi connectivity index (χ1v) is 4.57. The van der Waals surface area contributed by atoms with E-state index in [1.54, 1.807) is 14.2 Å². The van der Waals surface area contributed by atoms with Gasteiger partial charge in [-0.3, -0.25) is 0 Å². The lowest BCUT2D eigenvalue weighted by Crippen LogP contribution is -1.94. The monoisotopic (exact) mass is 192 g/mol. The SMILES string of the molecule is C=CC(C)c1ccc(OC)c(OC)c1. The van der Waals surface area contributed by atoms with Crippen molar-refractivity contribution >= 4 is 0 Å². The first-order valence-electron chi connectivity index (χ1n) is 4.57. The van der Waals surface area contributed by atoms with Gasteiger partial charge in [-0.2, -0.15) is 0 Å². The average molecular weight is 192 g/mol. The number of hydrogen-bond acceptors (Lipinski definition) is 2. The van der Waals surface area contributed by atoms with Crippen LogP contribution in [-0.4, -0.2) is 14.2 Å². The first-order chi connectivity index (χ1) is 6.72. The summed E-state index contributed by atoms with van der Waals surface area (Å²) in [4.78, 5) is 0. The molecule has 0 N–H and O–H groups in total. The minimum Gasteiger partial charge on any atom is -0.493 e. The molecule has 76 valence electrons. The number of allylic oxidation sites excluding steroid dienone is 1. The summed E-state index contributed by atoms with van der Waals surface area (Å²) < 4.78 is 10.4. The molecule has 14 heavy (non-hydrogen) atoms. The van der Waals surface area contributed by atoms with E-state index in [0.29, 0.717) is 5.92 Å². The summed E-state index contributed by atoms with van der Waals surface area (Å²) in [6.45, 7) is 5.85. The van der Waals surface area contributed by atoms with Gasteiger partial charge < -0.3 is 9.47 Å². The van der Waals surface area contributed by atoms with Gasteiger partial charge in [0, 0.05) is 0 Å². The molecule has 2 nitrogen and oxygen atoms in total. The van der Waals surface area contributed by atoms with Crippen molar-refractivity contribution in [1.82, 2.24) is 0 Å². The zero-order valence-electron chi connectivity index (χ0n) is 8.91. The van der Waals surface area contributed by atoms with Gasteiger partial charge in [0.25, 0.3) is 0 Å². The number of hydrogen-bond donors (Lipinski definition) is 0. The van der Waals surface area contributed by atoms with Gasteiger partial charge >= 0.3 is 0 Å². The van der Waals surface area contributed by atoms with Gasteiger partial charge in [0.2, 0.25) is 0 Å². The molecule has 0 radical (unpaired) electrons. The highest BCUT2D eigenvalue weighted by molar-refractivity contribution is 5.44. The van der Waals surface area contributed by atoms with Gasteiger partial charge in [-0.15, -0.1) is 6.58 Å². The lowest BCUT2D eigenvalue weighted by atomic mass is 10.0. The molecular weight excluding hydrogens is 176 g/mol. The summed E-state index contributed by atoms with van der Waals surface area (Å²) in [5.74, 6) is 1.85. The molecule has 0 saturated carbocycles. The maximum absolute atomic E-state index is 5.21. The normalized spacial score (nSPS) is 11.9. The van der Waals surface area contributed by atoms with Crippen LogP contribution in [-0.2, 0) is 0 Å². The zero-order chi connectivity index (χ0) is 10.6. The molecule has 0 aromatic heterocycles. The van der Waals surface area contributed by atoms with Crippen molar-refractivity contribution in [2.45, 2.75) is 12.8 Å². The Morgan fingerprint density at radius 3 is 2.36 bits per heavy atom. The summed E-state index contributed by atoms with van der Waals surface area (Å²) in [7, 11) is 3.27. The Morgan fingerprint density at radius 2 is 1.86 bits per heavy atom. The van der Waals surface area contributed by atoms with Crippen LogP contribution in [0.4, 0.5) is 0 Å². The Hall–Kier alpha value is -1.44. The highest BCUT2D eigenvalue weighted by atomic mass is 16.5. The standard InChI is InChI=1S/C12H16O2/c1-5-9(2)10-6-7-11(13-3)12(8-10)14-4/h5-9H,1H2,2-4H3. The minimum absolute atomic E-state index is 0.329. The lowest BCUT2D eigenvalue weighted by Gasteiger charge is -2.11. The van der Waals surface area contributed by atoms with Gasteiger partial charge in [-0.25, -0.2) is 0 Å². The van der Waals surface area contributed by atoms with Crippen LogP contribution in [0.2, 0.25) is 0 Å². The third kappa shape index (κ3) is 2.08. The quantitative estimate of drug-likeness (QED) is 0.683. The molecule has 1 atom stereocenters. The topological polar surface area (TPSA) is 18.5 Å². The maximum Gasteiger partial charge on any atom is 0.161 e. The van der Waals surface area contributed by atoms with E-state index >= 15 is 0 Å². The molecule has 1 rings (SSSR count). The highest BCUT2D eigenvalue weighted by Gasteiger charge is 2.07. The van der Waals surface area contributed by atoms with Crippen molar-refractivity contribution in [2.75, 3.05) is 14.2 Å². The van der Waals surface area contributed by atoms with E-state index in [9.17, 15) is 0 Å². The molecule has 2 heteroatoms. The van der Waals surface area contributed by atoms with E-state index in [-0.39, 0.29) is 0 Å². The van der Waals surface area contributed by atoms with Crippen LogP contribution in [0.15, 0.2) is 30.9 Å². The molecule has 0 saturated heterocycles. The van der Waals surface area contributed by atoms with E-state index in [0.717, 1.165) is 11.5 Å². The van der Waals surface area contributed by atoms with E-state index in [4.69, 9.17) is 9.47 Å². The second kappa shape index (κ2) is 4.70. The summed E-state index contributed by atoms with van der Waals surface area (Å²) in [6, 6.07) is 5.91. The second-order valence-corrected chi connectivity index (χ2v) is 3.14. The van der Waals surface area contributed by atoms with E-state index in [2.05, 4.69) is 13.5 Å². The van der Waals surface area contributed by atoms with Crippen molar-refractivity contribution in [3.8, 4) is 11.5 Å². The van der Waals surface area contributed by atoms with Crippen molar-refractivity contribution in [1.29, 1.82) is 0 Å². The highest BCUT2D eigenvalue weighted by Crippen LogP contribution is 2.30. The van der Waals surface area contributed by atoms with Crippen molar-refractivity contribution in [2.24, 2.45) is 0 Å². The summed E-state index contributed by atoms with van der Waals surface area (Å²) in [5.41, 5.74) is 1.18. The van der Waals surface area contributed by atoms with Gasteiger partial charge in [0.1, 0.15) is 0 Å². The molecular formula is C12H16O2. The number of methoxy groups -OCH3 is 2.